The molecular formula is C57H100O6. The zero-order chi connectivity index (χ0) is 45.8. The summed E-state index contributed by atoms with van der Waals surface area (Å²) in [5.41, 5.74) is 0. The van der Waals surface area contributed by atoms with Crippen LogP contribution in [0.5, 0.6) is 0 Å². The summed E-state index contributed by atoms with van der Waals surface area (Å²) in [6.07, 6.45) is 63.4. The highest BCUT2D eigenvalue weighted by Crippen LogP contribution is 2.14. The van der Waals surface area contributed by atoms with Gasteiger partial charge in [-0.25, -0.2) is 0 Å². The summed E-state index contributed by atoms with van der Waals surface area (Å²) in [4.78, 5) is 38.0. The number of ether oxygens (including phenoxy) is 3. The van der Waals surface area contributed by atoms with Gasteiger partial charge in [0.15, 0.2) is 6.10 Å². The van der Waals surface area contributed by atoms with Gasteiger partial charge < -0.3 is 14.2 Å². The first-order chi connectivity index (χ1) is 31.0. The Kier molecular flexibility index (Phi) is 49.4. The van der Waals surface area contributed by atoms with Crippen LogP contribution in [0.15, 0.2) is 60.8 Å². The van der Waals surface area contributed by atoms with E-state index in [4.69, 9.17) is 14.2 Å². The molecule has 0 aromatic carbocycles. The molecule has 0 aromatic rings. The lowest BCUT2D eigenvalue weighted by Crippen LogP contribution is -2.30. The Hall–Kier alpha value is -2.89. The van der Waals surface area contributed by atoms with E-state index in [2.05, 4.69) is 81.5 Å². The van der Waals surface area contributed by atoms with Crippen LogP contribution in [0.4, 0.5) is 0 Å². The highest BCUT2D eigenvalue weighted by atomic mass is 16.6. The minimum Gasteiger partial charge on any atom is -0.462 e. The summed E-state index contributed by atoms with van der Waals surface area (Å²) in [5.74, 6) is -0.944. The normalized spacial score (nSPS) is 12.5. The van der Waals surface area contributed by atoms with Crippen LogP contribution < -0.4 is 0 Å². The number of carbonyl (C=O) groups is 3. The number of esters is 3. The van der Waals surface area contributed by atoms with Crippen molar-refractivity contribution in [2.24, 2.45) is 0 Å². The van der Waals surface area contributed by atoms with Gasteiger partial charge in [-0.3, -0.25) is 14.4 Å². The fraction of sp³-hybridized carbons (Fsp3) is 0.772. The second-order valence-electron chi connectivity index (χ2n) is 17.8. The fourth-order valence-electron chi connectivity index (χ4n) is 7.38. The Morgan fingerprint density at radius 3 is 0.968 bits per heavy atom. The van der Waals surface area contributed by atoms with E-state index < -0.39 is 6.10 Å². The molecule has 0 aliphatic carbocycles. The van der Waals surface area contributed by atoms with E-state index in [1.165, 1.54) is 135 Å². The van der Waals surface area contributed by atoms with E-state index in [-0.39, 0.29) is 31.1 Å². The average molecular weight is 881 g/mol. The maximum atomic E-state index is 12.8. The standard InChI is InChI=1S/C57H100O6/c1-4-7-10-13-16-19-22-25-28-31-34-37-40-43-46-49-55(58)61-52-54(63-57(60)51-48-45-42-39-36-33-30-27-24-21-18-15-12-9-6-3)53-62-56(59)50-47-44-41-38-35-32-29-26-23-20-17-14-11-8-5-2/h16,19,25-30,34,37,54H,4-15,17-18,20-24,31-33,35-36,38-53H2,1-3H3/b19-16-,28-25-,29-26-,30-27-,37-34-. The Morgan fingerprint density at radius 2 is 0.571 bits per heavy atom. The maximum Gasteiger partial charge on any atom is 0.306 e. The molecule has 1 unspecified atom stereocenters. The maximum absolute atomic E-state index is 12.8. The van der Waals surface area contributed by atoms with Gasteiger partial charge in [-0.2, -0.15) is 0 Å². The summed E-state index contributed by atoms with van der Waals surface area (Å²) in [6.45, 7) is 6.56. The van der Waals surface area contributed by atoms with Gasteiger partial charge >= 0.3 is 17.9 Å². The van der Waals surface area contributed by atoms with Crippen LogP contribution in [-0.2, 0) is 28.6 Å². The number of unbranched alkanes of at least 4 members (excludes halogenated alkanes) is 27. The zero-order valence-electron chi connectivity index (χ0n) is 41.6. The van der Waals surface area contributed by atoms with Crippen molar-refractivity contribution in [2.75, 3.05) is 13.2 Å². The first kappa shape index (κ1) is 60.1. The molecule has 0 fully saturated rings. The molecule has 0 heterocycles. The Morgan fingerprint density at radius 1 is 0.317 bits per heavy atom. The van der Waals surface area contributed by atoms with Crippen molar-refractivity contribution >= 4 is 17.9 Å². The summed E-state index contributed by atoms with van der Waals surface area (Å²) in [6, 6.07) is 0. The van der Waals surface area contributed by atoms with Gasteiger partial charge in [0, 0.05) is 19.3 Å². The van der Waals surface area contributed by atoms with Crippen LogP contribution in [0.1, 0.15) is 265 Å². The minimum atomic E-state index is -0.796. The topological polar surface area (TPSA) is 78.9 Å². The lowest BCUT2D eigenvalue weighted by Gasteiger charge is -2.18. The Balaban J connectivity index is 4.46. The lowest BCUT2D eigenvalue weighted by atomic mass is 10.1. The second-order valence-corrected chi connectivity index (χ2v) is 17.8. The van der Waals surface area contributed by atoms with Crippen molar-refractivity contribution in [3.8, 4) is 0 Å². The smallest absolute Gasteiger partial charge is 0.306 e. The van der Waals surface area contributed by atoms with Gasteiger partial charge in [0.1, 0.15) is 13.2 Å². The first-order valence-corrected chi connectivity index (χ1v) is 26.8. The molecule has 1 atom stereocenters. The van der Waals surface area contributed by atoms with Crippen molar-refractivity contribution < 1.29 is 28.6 Å². The minimum absolute atomic E-state index is 0.0935. The molecule has 0 spiro atoms. The number of rotatable bonds is 48. The van der Waals surface area contributed by atoms with E-state index >= 15 is 0 Å². The summed E-state index contributed by atoms with van der Waals surface area (Å²) < 4.78 is 16.8. The highest BCUT2D eigenvalue weighted by molar-refractivity contribution is 5.71. The van der Waals surface area contributed by atoms with Crippen molar-refractivity contribution in [1.29, 1.82) is 0 Å². The Labute approximate surface area is 390 Å². The molecule has 63 heavy (non-hydrogen) atoms. The van der Waals surface area contributed by atoms with Gasteiger partial charge in [-0.1, -0.05) is 197 Å². The van der Waals surface area contributed by atoms with Crippen molar-refractivity contribution in [2.45, 2.75) is 271 Å². The van der Waals surface area contributed by atoms with E-state index in [9.17, 15) is 14.4 Å². The molecule has 6 nitrogen and oxygen atoms in total. The van der Waals surface area contributed by atoms with Gasteiger partial charge in [0.2, 0.25) is 0 Å². The quantitative estimate of drug-likeness (QED) is 0.0262. The second kappa shape index (κ2) is 51.7. The number of carbonyl (C=O) groups excluding carboxylic acids is 3. The molecule has 364 valence electrons. The third-order valence-corrected chi connectivity index (χ3v) is 11.5. The van der Waals surface area contributed by atoms with Crippen LogP contribution >= 0.6 is 0 Å². The molecule has 0 bridgehead atoms. The predicted octanol–water partition coefficient (Wildman–Crippen LogP) is 17.6. The van der Waals surface area contributed by atoms with Gasteiger partial charge in [-0.15, -0.1) is 0 Å². The first-order valence-electron chi connectivity index (χ1n) is 26.8. The molecular weight excluding hydrogens is 781 g/mol. The molecule has 0 aliphatic rings. The molecule has 0 radical (unpaired) electrons. The largest absolute Gasteiger partial charge is 0.462 e. The van der Waals surface area contributed by atoms with Gasteiger partial charge in [0.05, 0.1) is 0 Å². The van der Waals surface area contributed by atoms with E-state index in [0.29, 0.717) is 19.3 Å². The number of hydrogen-bond donors (Lipinski definition) is 0. The number of hydrogen-bond acceptors (Lipinski definition) is 6. The van der Waals surface area contributed by atoms with Crippen LogP contribution in [0.2, 0.25) is 0 Å². The molecule has 0 amide bonds. The van der Waals surface area contributed by atoms with E-state index in [1.54, 1.807) is 0 Å². The average Bonchev–Trinajstić information content (AvgIpc) is 3.28. The van der Waals surface area contributed by atoms with Crippen molar-refractivity contribution in [1.82, 2.24) is 0 Å². The highest BCUT2D eigenvalue weighted by Gasteiger charge is 2.19. The third kappa shape index (κ3) is 50.0. The van der Waals surface area contributed by atoms with Crippen molar-refractivity contribution in [3.63, 3.8) is 0 Å². The molecule has 0 N–H and O–H groups in total. The molecule has 0 aliphatic heterocycles. The zero-order valence-corrected chi connectivity index (χ0v) is 41.6. The van der Waals surface area contributed by atoms with Crippen LogP contribution in [0, 0.1) is 0 Å². The molecule has 0 saturated carbocycles. The predicted molar refractivity (Wildman–Crippen MR) is 270 cm³/mol. The summed E-state index contributed by atoms with van der Waals surface area (Å²) in [7, 11) is 0. The molecule has 0 aromatic heterocycles. The third-order valence-electron chi connectivity index (χ3n) is 11.5. The summed E-state index contributed by atoms with van der Waals surface area (Å²) in [5, 5.41) is 0. The van der Waals surface area contributed by atoms with E-state index in [1.807, 2.05) is 0 Å². The van der Waals surface area contributed by atoms with Crippen molar-refractivity contribution in [3.05, 3.63) is 60.8 Å². The fourth-order valence-corrected chi connectivity index (χ4v) is 7.38. The SMILES string of the molecule is CCCCC/C=C\C/C=C\C/C=C\CCCCC(=O)OCC(COC(=O)CCCCCCC/C=C\CCCCCCCC)OC(=O)CCCCCCC/C=C\CCCCCCCC. The van der Waals surface area contributed by atoms with E-state index in [0.717, 1.165) is 89.9 Å². The van der Waals surface area contributed by atoms with Crippen LogP contribution in [0.3, 0.4) is 0 Å². The summed E-state index contributed by atoms with van der Waals surface area (Å²) >= 11 is 0. The Bertz CT molecular complexity index is 1150. The molecule has 0 rings (SSSR count). The monoisotopic (exact) mass is 881 g/mol. The number of allylic oxidation sites excluding steroid dienone is 10. The molecule has 0 saturated heterocycles. The molecule has 6 heteroatoms. The van der Waals surface area contributed by atoms with Gasteiger partial charge in [0.25, 0.3) is 0 Å². The van der Waals surface area contributed by atoms with Gasteiger partial charge in [-0.05, 0) is 109 Å². The van der Waals surface area contributed by atoms with Crippen LogP contribution in [0.25, 0.3) is 0 Å². The van der Waals surface area contributed by atoms with Crippen LogP contribution in [-0.4, -0.2) is 37.2 Å². The lowest BCUT2D eigenvalue weighted by molar-refractivity contribution is -0.167.